The first-order valence-electron chi connectivity index (χ1n) is 6.49. The number of hydrogen-bond acceptors (Lipinski definition) is 4. The molecule has 5 heteroatoms. The Morgan fingerprint density at radius 3 is 2.70 bits per heavy atom. The Labute approximate surface area is 118 Å². The zero-order chi connectivity index (χ0) is 14.5. The summed E-state index contributed by atoms with van der Waals surface area (Å²) in [6.07, 6.45) is 1.53. The monoisotopic (exact) mass is 274 g/mol. The van der Waals surface area contributed by atoms with E-state index in [-0.39, 0.29) is 5.82 Å². The van der Waals surface area contributed by atoms with Crippen molar-refractivity contribution in [2.75, 3.05) is 19.4 Å². The smallest absolute Gasteiger partial charge is 0.129 e. The van der Waals surface area contributed by atoms with E-state index < -0.39 is 0 Å². The molecule has 2 rings (SSSR count). The fourth-order valence-corrected chi connectivity index (χ4v) is 1.94. The lowest BCUT2D eigenvalue weighted by Crippen LogP contribution is -2.12. The zero-order valence-corrected chi connectivity index (χ0v) is 12.0. The highest BCUT2D eigenvalue weighted by Gasteiger charge is 2.05. The van der Waals surface area contributed by atoms with E-state index in [0.29, 0.717) is 18.7 Å². The molecule has 0 aliphatic rings. The lowest BCUT2D eigenvalue weighted by molar-refractivity contribution is 0.392. The van der Waals surface area contributed by atoms with Crippen LogP contribution in [0.5, 0.6) is 0 Å². The summed E-state index contributed by atoms with van der Waals surface area (Å²) in [5.41, 5.74) is 2.64. The van der Waals surface area contributed by atoms with E-state index in [1.807, 2.05) is 38.1 Å². The molecule has 1 aromatic heterocycles. The van der Waals surface area contributed by atoms with Crippen molar-refractivity contribution in [1.29, 1.82) is 0 Å². The van der Waals surface area contributed by atoms with Crippen molar-refractivity contribution in [3.63, 3.8) is 0 Å². The van der Waals surface area contributed by atoms with E-state index in [9.17, 15) is 4.39 Å². The van der Waals surface area contributed by atoms with Crippen LogP contribution < -0.4 is 5.32 Å². The molecule has 0 aliphatic carbocycles. The summed E-state index contributed by atoms with van der Waals surface area (Å²) in [6, 6.07) is 7.07. The molecule has 0 bridgehead atoms. The van der Waals surface area contributed by atoms with Gasteiger partial charge >= 0.3 is 0 Å². The van der Waals surface area contributed by atoms with E-state index in [1.165, 1.54) is 12.4 Å². The first kappa shape index (κ1) is 14.4. The van der Waals surface area contributed by atoms with Crippen molar-refractivity contribution in [1.82, 2.24) is 14.9 Å². The van der Waals surface area contributed by atoms with E-state index in [2.05, 4.69) is 15.3 Å². The van der Waals surface area contributed by atoms with Gasteiger partial charge in [-0.05, 0) is 38.7 Å². The molecule has 1 aromatic carbocycles. The lowest BCUT2D eigenvalue weighted by atomic mass is 10.1. The molecule has 0 radical (unpaired) electrons. The van der Waals surface area contributed by atoms with Gasteiger partial charge in [0.05, 0.1) is 0 Å². The van der Waals surface area contributed by atoms with Gasteiger partial charge in [0.2, 0.25) is 0 Å². The third kappa shape index (κ3) is 3.99. The van der Waals surface area contributed by atoms with Gasteiger partial charge in [-0.2, -0.15) is 0 Å². The summed E-state index contributed by atoms with van der Waals surface area (Å²) in [6.45, 7) is 3.11. The van der Waals surface area contributed by atoms with Crippen LogP contribution in [-0.4, -0.2) is 29.0 Å². The van der Waals surface area contributed by atoms with Gasteiger partial charge in [-0.25, -0.2) is 14.4 Å². The van der Waals surface area contributed by atoms with E-state index in [4.69, 9.17) is 0 Å². The maximum absolute atomic E-state index is 13.7. The average Bonchev–Trinajstić information content (AvgIpc) is 2.39. The summed E-state index contributed by atoms with van der Waals surface area (Å²) in [7, 11) is 3.85. The summed E-state index contributed by atoms with van der Waals surface area (Å²) in [5, 5.41) is 3.21. The highest BCUT2D eigenvalue weighted by atomic mass is 19.1. The van der Waals surface area contributed by atoms with Crippen LogP contribution in [0, 0.1) is 12.7 Å². The second-order valence-corrected chi connectivity index (χ2v) is 5.06. The van der Waals surface area contributed by atoms with Crippen LogP contribution in [0.3, 0.4) is 0 Å². The van der Waals surface area contributed by atoms with Gasteiger partial charge in [-0.1, -0.05) is 6.07 Å². The molecule has 0 aliphatic heterocycles. The number of hydrogen-bond donors (Lipinski definition) is 1. The SMILES string of the molecule is Cc1cc(NCc2ccc(F)c(CN(C)C)c2)ncn1. The molecule has 4 nitrogen and oxygen atoms in total. The number of aromatic nitrogens is 2. The Morgan fingerprint density at radius 2 is 2.00 bits per heavy atom. The van der Waals surface area contributed by atoms with Gasteiger partial charge in [0.15, 0.2) is 0 Å². The van der Waals surface area contributed by atoms with Gasteiger partial charge in [0, 0.05) is 30.4 Å². The number of nitrogens with zero attached hydrogens (tertiary/aromatic N) is 3. The van der Waals surface area contributed by atoms with Gasteiger partial charge < -0.3 is 10.2 Å². The molecular weight excluding hydrogens is 255 g/mol. The van der Waals surface area contributed by atoms with Gasteiger partial charge in [-0.3, -0.25) is 0 Å². The third-order valence-corrected chi connectivity index (χ3v) is 2.87. The minimum Gasteiger partial charge on any atom is -0.366 e. The number of anilines is 1. The van der Waals surface area contributed by atoms with Gasteiger partial charge in [0.1, 0.15) is 18.0 Å². The van der Waals surface area contributed by atoms with E-state index in [1.54, 1.807) is 6.07 Å². The van der Waals surface area contributed by atoms with Crippen LogP contribution in [-0.2, 0) is 13.1 Å². The van der Waals surface area contributed by atoms with Crippen molar-refractivity contribution in [3.8, 4) is 0 Å². The molecular formula is C15H19FN4. The summed E-state index contributed by atoms with van der Waals surface area (Å²) in [5.74, 6) is 0.608. The fraction of sp³-hybridized carbons (Fsp3) is 0.333. The largest absolute Gasteiger partial charge is 0.366 e. The van der Waals surface area contributed by atoms with Crippen LogP contribution >= 0.6 is 0 Å². The third-order valence-electron chi connectivity index (χ3n) is 2.87. The van der Waals surface area contributed by atoms with Crippen molar-refractivity contribution in [2.24, 2.45) is 0 Å². The number of aryl methyl sites for hydroxylation is 1. The minimum absolute atomic E-state index is 0.166. The number of nitrogens with one attached hydrogen (secondary N) is 1. The Kier molecular flexibility index (Phi) is 4.63. The second-order valence-electron chi connectivity index (χ2n) is 5.06. The average molecular weight is 274 g/mol. The molecule has 0 spiro atoms. The van der Waals surface area contributed by atoms with Crippen LogP contribution in [0.2, 0.25) is 0 Å². The van der Waals surface area contributed by atoms with Crippen molar-refractivity contribution < 1.29 is 4.39 Å². The van der Waals surface area contributed by atoms with Crippen LogP contribution in [0.15, 0.2) is 30.6 Å². The van der Waals surface area contributed by atoms with Crippen LogP contribution in [0.25, 0.3) is 0 Å². The highest BCUT2D eigenvalue weighted by molar-refractivity contribution is 5.36. The molecule has 0 fully saturated rings. The van der Waals surface area contributed by atoms with Crippen LogP contribution in [0.4, 0.5) is 10.2 Å². The maximum atomic E-state index is 13.7. The van der Waals surface area contributed by atoms with Gasteiger partial charge in [0.25, 0.3) is 0 Å². The predicted octanol–water partition coefficient (Wildman–Crippen LogP) is 2.60. The predicted molar refractivity (Wildman–Crippen MR) is 77.9 cm³/mol. The summed E-state index contributed by atoms with van der Waals surface area (Å²) < 4.78 is 13.7. The Bertz CT molecular complexity index is 584. The second kappa shape index (κ2) is 6.43. The normalized spacial score (nSPS) is 10.8. The van der Waals surface area contributed by atoms with Gasteiger partial charge in [-0.15, -0.1) is 0 Å². The quantitative estimate of drug-likeness (QED) is 0.910. The number of benzene rings is 1. The Hall–Kier alpha value is -2.01. The fourth-order valence-electron chi connectivity index (χ4n) is 1.94. The molecule has 0 atom stereocenters. The zero-order valence-electron chi connectivity index (χ0n) is 12.0. The maximum Gasteiger partial charge on any atom is 0.129 e. The first-order valence-corrected chi connectivity index (χ1v) is 6.49. The number of rotatable bonds is 5. The van der Waals surface area contributed by atoms with E-state index >= 15 is 0 Å². The Morgan fingerprint density at radius 1 is 1.20 bits per heavy atom. The molecule has 0 amide bonds. The Balaban J connectivity index is 2.06. The summed E-state index contributed by atoms with van der Waals surface area (Å²) >= 11 is 0. The van der Waals surface area contributed by atoms with Crippen molar-refractivity contribution in [3.05, 3.63) is 53.2 Å². The van der Waals surface area contributed by atoms with E-state index in [0.717, 1.165) is 17.1 Å². The molecule has 0 unspecified atom stereocenters. The van der Waals surface area contributed by atoms with Crippen molar-refractivity contribution >= 4 is 5.82 Å². The van der Waals surface area contributed by atoms with Crippen molar-refractivity contribution in [2.45, 2.75) is 20.0 Å². The molecule has 2 aromatic rings. The standard InChI is InChI=1S/C15H19FN4/c1-11-6-15(19-10-18-11)17-8-12-4-5-14(16)13(7-12)9-20(2)3/h4-7,10H,8-9H2,1-3H3,(H,17,18,19). The molecule has 106 valence electrons. The summed E-state index contributed by atoms with van der Waals surface area (Å²) in [4.78, 5) is 10.1. The molecule has 20 heavy (non-hydrogen) atoms. The first-order chi connectivity index (χ1) is 9.54. The number of halogens is 1. The van der Waals surface area contributed by atoms with Crippen LogP contribution in [0.1, 0.15) is 16.8 Å². The molecule has 0 saturated carbocycles. The molecule has 1 heterocycles. The molecule has 0 saturated heterocycles. The minimum atomic E-state index is -0.166. The topological polar surface area (TPSA) is 41.0 Å². The molecule has 1 N–H and O–H groups in total. The highest BCUT2D eigenvalue weighted by Crippen LogP contribution is 2.13. The lowest BCUT2D eigenvalue weighted by Gasteiger charge is -2.12.